The highest BCUT2D eigenvalue weighted by Gasteiger charge is 2.30. The first-order valence-corrected chi connectivity index (χ1v) is 7.63. The molecule has 122 valence electrons. The monoisotopic (exact) mass is 328 g/mol. The maximum absolute atomic E-state index is 11.8. The van der Waals surface area contributed by atoms with Crippen molar-refractivity contribution < 1.29 is 20.1 Å². The maximum Gasteiger partial charge on any atom is 0.253 e. The van der Waals surface area contributed by atoms with Gasteiger partial charge in [-0.05, 0) is 37.0 Å². The molecule has 7 heteroatoms. The number of nitrogens with zero attached hydrogens (tertiary/aromatic N) is 1. The van der Waals surface area contributed by atoms with Crippen LogP contribution in [0.3, 0.4) is 0 Å². The normalized spacial score (nSPS) is 19.0. The van der Waals surface area contributed by atoms with E-state index in [0.717, 1.165) is 0 Å². The molecule has 1 saturated heterocycles. The zero-order chi connectivity index (χ0) is 16.3. The van der Waals surface area contributed by atoms with Gasteiger partial charge in [-0.25, -0.2) is 0 Å². The summed E-state index contributed by atoms with van der Waals surface area (Å²) in [4.78, 5) is 13.3. The zero-order valence-electron chi connectivity index (χ0n) is 12.2. The Morgan fingerprint density at radius 2 is 2.05 bits per heavy atom. The second kappa shape index (κ2) is 7.28. The van der Waals surface area contributed by atoms with Gasteiger partial charge in [-0.15, -0.1) is 0 Å². The Morgan fingerprint density at radius 3 is 2.64 bits per heavy atom. The second-order valence-electron chi connectivity index (χ2n) is 5.59. The highest BCUT2D eigenvalue weighted by molar-refractivity contribution is 6.30. The molecule has 1 aromatic carbocycles. The number of rotatable bonds is 4. The van der Waals surface area contributed by atoms with Crippen molar-refractivity contribution in [1.82, 2.24) is 4.90 Å². The molecule has 2 rings (SSSR count). The first-order chi connectivity index (χ1) is 10.4. The summed E-state index contributed by atoms with van der Waals surface area (Å²) in [6.45, 7) is 0.361. The highest BCUT2D eigenvalue weighted by atomic mass is 35.5. The lowest BCUT2D eigenvalue weighted by atomic mass is 9.85. The summed E-state index contributed by atoms with van der Waals surface area (Å²) in [7, 11) is 0. The molecule has 2 atom stereocenters. The summed E-state index contributed by atoms with van der Waals surface area (Å²) in [5.41, 5.74) is 6.84. The molecule has 0 bridgehead atoms. The number of halogens is 1. The van der Waals surface area contributed by atoms with E-state index in [0.29, 0.717) is 36.5 Å². The SMILES string of the molecule is N[C@@H](c1cc(Cl)ccc1O)C1CCN(C(=O)[C@H](O)CO)CC1. The van der Waals surface area contributed by atoms with Crippen LogP contribution in [0.4, 0.5) is 0 Å². The number of aromatic hydroxyl groups is 1. The third kappa shape index (κ3) is 3.70. The van der Waals surface area contributed by atoms with E-state index in [1.54, 1.807) is 12.1 Å². The predicted molar refractivity (Wildman–Crippen MR) is 82.4 cm³/mol. The van der Waals surface area contributed by atoms with Gasteiger partial charge in [-0.3, -0.25) is 4.79 Å². The van der Waals surface area contributed by atoms with Crippen molar-refractivity contribution in [3.05, 3.63) is 28.8 Å². The smallest absolute Gasteiger partial charge is 0.253 e. The van der Waals surface area contributed by atoms with Crippen LogP contribution in [-0.4, -0.2) is 51.9 Å². The number of nitrogens with two attached hydrogens (primary N) is 1. The lowest BCUT2D eigenvalue weighted by molar-refractivity contribution is -0.143. The molecule has 0 radical (unpaired) electrons. The number of carbonyl (C=O) groups excluding carboxylic acids is 1. The number of piperidine rings is 1. The molecular formula is C15H21ClN2O4. The molecule has 1 aromatic rings. The summed E-state index contributed by atoms with van der Waals surface area (Å²) in [6, 6.07) is 4.42. The molecular weight excluding hydrogens is 308 g/mol. The van der Waals surface area contributed by atoms with Gasteiger partial charge in [0.15, 0.2) is 6.10 Å². The van der Waals surface area contributed by atoms with Crippen molar-refractivity contribution in [2.75, 3.05) is 19.7 Å². The van der Waals surface area contributed by atoms with E-state index in [2.05, 4.69) is 0 Å². The van der Waals surface area contributed by atoms with E-state index in [-0.39, 0.29) is 17.7 Å². The fourth-order valence-electron chi connectivity index (χ4n) is 2.81. The number of likely N-dealkylation sites (tertiary alicyclic amines) is 1. The van der Waals surface area contributed by atoms with Gasteiger partial charge in [0.05, 0.1) is 6.61 Å². The molecule has 0 unspecified atom stereocenters. The lowest BCUT2D eigenvalue weighted by Crippen LogP contribution is -2.46. The van der Waals surface area contributed by atoms with E-state index in [1.165, 1.54) is 11.0 Å². The first-order valence-electron chi connectivity index (χ1n) is 7.25. The van der Waals surface area contributed by atoms with Gasteiger partial charge >= 0.3 is 0 Å². The Hall–Kier alpha value is -1.34. The number of hydrogen-bond acceptors (Lipinski definition) is 5. The molecule has 1 aliphatic heterocycles. The van der Waals surface area contributed by atoms with Crippen LogP contribution in [0.2, 0.25) is 5.02 Å². The maximum atomic E-state index is 11.8. The van der Waals surface area contributed by atoms with Crippen molar-refractivity contribution in [1.29, 1.82) is 0 Å². The number of amides is 1. The van der Waals surface area contributed by atoms with Crippen LogP contribution in [-0.2, 0) is 4.79 Å². The molecule has 5 N–H and O–H groups in total. The van der Waals surface area contributed by atoms with Crippen LogP contribution in [0.5, 0.6) is 5.75 Å². The van der Waals surface area contributed by atoms with Crippen LogP contribution >= 0.6 is 11.6 Å². The van der Waals surface area contributed by atoms with Gasteiger partial charge in [0, 0.05) is 29.7 Å². The molecule has 6 nitrogen and oxygen atoms in total. The van der Waals surface area contributed by atoms with E-state index in [4.69, 9.17) is 22.4 Å². The second-order valence-corrected chi connectivity index (χ2v) is 6.03. The van der Waals surface area contributed by atoms with Gasteiger partial charge in [-0.1, -0.05) is 11.6 Å². The topological polar surface area (TPSA) is 107 Å². The Morgan fingerprint density at radius 1 is 1.41 bits per heavy atom. The Bertz CT molecular complexity index is 532. The summed E-state index contributed by atoms with van der Waals surface area (Å²) in [5.74, 6) is -0.231. The summed E-state index contributed by atoms with van der Waals surface area (Å²) in [6.07, 6.45) is -0.0317. The molecule has 22 heavy (non-hydrogen) atoms. The minimum Gasteiger partial charge on any atom is -0.508 e. The number of aliphatic hydroxyl groups excluding tert-OH is 2. The minimum absolute atomic E-state index is 0.111. The van der Waals surface area contributed by atoms with Crippen molar-refractivity contribution in [2.24, 2.45) is 11.7 Å². The summed E-state index contributed by atoms with van der Waals surface area (Å²) < 4.78 is 0. The predicted octanol–water partition coefficient (Wildman–Crippen LogP) is 0.637. The number of carbonyl (C=O) groups is 1. The van der Waals surface area contributed by atoms with E-state index < -0.39 is 18.6 Å². The van der Waals surface area contributed by atoms with E-state index >= 15 is 0 Å². The van der Waals surface area contributed by atoms with Crippen LogP contribution in [0, 0.1) is 5.92 Å². The lowest BCUT2D eigenvalue weighted by Gasteiger charge is -2.35. The quantitative estimate of drug-likeness (QED) is 0.649. The molecule has 1 heterocycles. The van der Waals surface area contributed by atoms with E-state index in [9.17, 15) is 15.0 Å². The third-order valence-electron chi connectivity index (χ3n) is 4.17. The average Bonchev–Trinajstić information content (AvgIpc) is 2.55. The van der Waals surface area contributed by atoms with Crippen LogP contribution < -0.4 is 5.73 Å². The van der Waals surface area contributed by atoms with E-state index in [1.807, 2.05) is 0 Å². The molecule has 1 aliphatic rings. The van der Waals surface area contributed by atoms with Crippen molar-refractivity contribution >= 4 is 17.5 Å². The Kier molecular flexibility index (Phi) is 5.63. The summed E-state index contributed by atoms with van der Waals surface area (Å²) in [5, 5.41) is 28.6. The molecule has 1 amide bonds. The summed E-state index contributed by atoms with van der Waals surface area (Å²) >= 11 is 5.94. The fraction of sp³-hybridized carbons (Fsp3) is 0.533. The van der Waals surface area contributed by atoms with Crippen LogP contribution in [0.1, 0.15) is 24.4 Å². The fourth-order valence-corrected chi connectivity index (χ4v) is 2.99. The van der Waals surface area contributed by atoms with Gasteiger partial charge in [-0.2, -0.15) is 0 Å². The van der Waals surface area contributed by atoms with Crippen molar-refractivity contribution in [2.45, 2.75) is 25.0 Å². The van der Waals surface area contributed by atoms with Gasteiger partial charge in [0.2, 0.25) is 0 Å². The highest BCUT2D eigenvalue weighted by Crippen LogP contribution is 2.34. The third-order valence-corrected chi connectivity index (χ3v) is 4.40. The van der Waals surface area contributed by atoms with Crippen LogP contribution in [0.15, 0.2) is 18.2 Å². The van der Waals surface area contributed by atoms with Gasteiger partial charge in [0.25, 0.3) is 5.91 Å². The molecule has 1 fully saturated rings. The number of hydrogen-bond donors (Lipinski definition) is 4. The molecule has 0 aromatic heterocycles. The Labute approximate surface area is 134 Å². The van der Waals surface area contributed by atoms with Gasteiger partial charge < -0.3 is 26.0 Å². The van der Waals surface area contributed by atoms with Crippen molar-refractivity contribution in [3.63, 3.8) is 0 Å². The number of benzene rings is 1. The first kappa shape index (κ1) is 17.0. The average molecular weight is 329 g/mol. The van der Waals surface area contributed by atoms with Gasteiger partial charge in [0.1, 0.15) is 5.75 Å². The van der Waals surface area contributed by atoms with Crippen LogP contribution in [0.25, 0.3) is 0 Å². The largest absolute Gasteiger partial charge is 0.508 e. The number of phenolic OH excluding ortho intramolecular Hbond substituents is 1. The standard InChI is InChI=1S/C15H21ClN2O4/c16-10-1-2-12(20)11(7-10)14(17)9-3-5-18(6-4-9)15(22)13(21)8-19/h1-2,7,9,13-14,19-21H,3-6,8,17H2/t13-,14-/m1/s1. The molecule has 0 aliphatic carbocycles. The minimum atomic E-state index is -1.36. The zero-order valence-corrected chi connectivity index (χ0v) is 12.9. The number of phenols is 1. The molecule has 0 saturated carbocycles. The molecule has 0 spiro atoms. The number of aliphatic hydroxyl groups is 2. The Balaban J connectivity index is 1.99. The van der Waals surface area contributed by atoms with Crippen molar-refractivity contribution in [3.8, 4) is 5.75 Å².